The summed E-state index contributed by atoms with van der Waals surface area (Å²) in [7, 11) is 3.07. The van der Waals surface area contributed by atoms with Crippen LogP contribution in [0.3, 0.4) is 0 Å². The molecule has 0 unspecified atom stereocenters. The van der Waals surface area contributed by atoms with Crippen molar-refractivity contribution in [1.29, 1.82) is 0 Å². The highest BCUT2D eigenvalue weighted by molar-refractivity contribution is 5.89. The summed E-state index contributed by atoms with van der Waals surface area (Å²) >= 11 is 0. The van der Waals surface area contributed by atoms with Crippen LogP contribution >= 0.6 is 0 Å². The second-order valence-corrected chi connectivity index (χ2v) is 10.3. The molecule has 1 N–H and O–H groups in total. The van der Waals surface area contributed by atoms with Gasteiger partial charge in [0.1, 0.15) is 18.1 Å². The molecule has 4 aromatic rings. The molecule has 43 heavy (non-hydrogen) atoms. The summed E-state index contributed by atoms with van der Waals surface area (Å²) in [5.74, 6) is 1.47. The molecule has 1 aromatic heterocycles. The van der Waals surface area contributed by atoms with Crippen LogP contribution < -0.4 is 24.3 Å². The zero-order valence-corrected chi connectivity index (χ0v) is 24.0. The average Bonchev–Trinajstić information content (AvgIpc) is 3.81. The number of rotatable bonds is 11. The van der Waals surface area contributed by atoms with Crippen molar-refractivity contribution < 1.29 is 33.3 Å². The van der Waals surface area contributed by atoms with Gasteiger partial charge in [0.15, 0.2) is 23.0 Å². The molecule has 1 saturated heterocycles. The Balaban J connectivity index is 1.39. The Morgan fingerprint density at radius 1 is 1.05 bits per heavy atom. The van der Waals surface area contributed by atoms with Crippen LogP contribution in [0.1, 0.15) is 30.0 Å². The summed E-state index contributed by atoms with van der Waals surface area (Å²) in [4.78, 5) is 29.9. The molecule has 2 aliphatic rings. The van der Waals surface area contributed by atoms with Crippen LogP contribution in [0, 0.1) is 0 Å². The van der Waals surface area contributed by atoms with E-state index in [1.807, 2.05) is 36.4 Å². The number of hydrogen-bond donors (Lipinski definition) is 1. The number of carbonyl (C=O) groups excluding carboxylic acids is 2. The lowest BCUT2D eigenvalue weighted by molar-refractivity contribution is -0.142. The molecule has 3 heterocycles. The lowest BCUT2D eigenvalue weighted by atomic mass is 10.0. The molecule has 1 fully saturated rings. The smallest absolute Gasteiger partial charge is 0.247 e. The van der Waals surface area contributed by atoms with Crippen LogP contribution in [0.2, 0.25) is 0 Å². The number of nitrogens with one attached hydrogen (secondary N) is 1. The quantitative estimate of drug-likeness (QED) is 0.281. The van der Waals surface area contributed by atoms with E-state index in [0.29, 0.717) is 52.7 Å². The van der Waals surface area contributed by atoms with E-state index in [0.717, 1.165) is 18.4 Å². The molecule has 2 aliphatic heterocycles. The highest BCUT2D eigenvalue weighted by Gasteiger charge is 2.34. The van der Waals surface area contributed by atoms with Crippen LogP contribution in [0.5, 0.6) is 23.0 Å². The lowest BCUT2D eigenvalue weighted by Gasteiger charge is -2.32. The van der Waals surface area contributed by atoms with Gasteiger partial charge in [0.2, 0.25) is 18.6 Å². The first-order valence-corrected chi connectivity index (χ1v) is 14.1. The molecule has 12 nitrogen and oxygen atoms in total. The van der Waals surface area contributed by atoms with E-state index in [-0.39, 0.29) is 37.8 Å². The topological polar surface area (TPSA) is 126 Å². The van der Waals surface area contributed by atoms with E-state index < -0.39 is 6.04 Å². The minimum absolute atomic E-state index is 0.0745. The molecule has 0 spiro atoms. The number of benzene rings is 3. The molecule has 2 atom stereocenters. The zero-order valence-electron chi connectivity index (χ0n) is 24.0. The number of carbonyl (C=O) groups is 2. The Kier molecular flexibility index (Phi) is 8.27. The SMILES string of the molecule is COc1ccc([C@@H](C(=O)NC[C@@H]2CCCO2)N(Cc2ccc3c(c2)OCO3)C(=O)Cn2nnc3ccccc32)cc1OC. The fourth-order valence-electron chi connectivity index (χ4n) is 5.42. The molecule has 0 bridgehead atoms. The van der Waals surface area contributed by atoms with E-state index in [1.54, 1.807) is 41.0 Å². The number of amides is 2. The Bertz CT molecular complexity index is 1620. The van der Waals surface area contributed by atoms with Gasteiger partial charge in [-0.1, -0.05) is 29.5 Å². The lowest BCUT2D eigenvalue weighted by Crippen LogP contribution is -2.46. The molecule has 12 heteroatoms. The van der Waals surface area contributed by atoms with E-state index in [4.69, 9.17) is 23.7 Å². The van der Waals surface area contributed by atoms with Gasteiger partial charge in [-0.05, 0) is 60.4 Å². The molecular weight excluding hydrogens is 554 g/mol. The molecule has 2 amide bonds. The van der Waals surface area contributed by atoms with E-state index in [9.17, 15) is 9.59 Å². The number of hydrogen-bond acceptors (Lipinski definition) is 9. The molecule has 0 radical (unpaired) electrons. The summed E-state index contributed by atoms with van der Waals surface area (Å²) < 4.78 is 29.3. The third-order valence-corrected chi connectivity index (χ3v) is 7.63. The van der Waals surface area contributed by atoms with Gasteiger partial charge in [0, 0.05) is 19.7 Å². The standard InChI is InChI=1S/C31H33N5O7/c1-39-25-12-10-21(15-27(25)40-2)30(31(38)32-16-22-6-5-13-41-22)35(17-20-9-11-26-28(14-20)43-19-42-26)29(37)18-36-24-8-4-3-7-23(24)33-34-36/h3-4,7-12,14-15,22,30H,5-6,13,16-19H2,1-2H3,(H,32,38)/t22-,30-/m0/s1. The third kappa shape index (κ3) is 6.05. The van der Waals surface area contributed by atoms with Gasteiger partial charge in [-0.25, -0.2) is 4.68 Å². The van der Waals surface area contributed by atoms with Crippen LogP contribution in [0.25, 0.3) is 11.0 Å². The minimum atomic E-state index is -1.02. The fraction of sp³-hybridized carbons (Fsp3) is 0.355. The van der Waals surface area contributed by atoms with Crippen molar-refractivity contribution in [2.24, 2.45) is 0 Å². The van der Waals surface area contributed by atoms with Crippen LogP contribution in [0.4, 0.5) is 0 Å². The van der Waals surface area contributed by atoms with Crippen molar-refractivity contribution in [3.63, 3.8) is 0 Å². The Morgan fingerprint density at radius 2 is 1.88 bits per heavy atom. The van der Waals surface area contributed by atoms with E-state index in [2.05, 4.69) is 15.6 Å². The predicted octanol–water partition coefficient (Wildman–Crippen LogP) is 3.24. The zero-order chi connectivity index (χ0) is 29.8. The van der Waals surface area contributed by atoms with Crippen LogP contribution in [-0.4, -0.2) is 72.0 Å². The maximum atomic E-state index is 14.3. The van der Waals surface area contributed by atoms with Gasteiger partial charge >= 0.3 is 0 Å². The predicted molar refractivity (Wildman–Crippen MR) is 155 cm³/mol. The number of para-hydroxylation sites is 1. The van der Waals surface area contributed by atoms with Crippen LogP contribution in [-0.2, 0) is 27.4 Å². The Morgan fingerprint density at radius 3 is 2.70 bits per heavy atom. The number of aromatic nitrogens is 3. The maximum Gasteiger partial charge on any atom is 0.247 e. The van der Waals surface area contributed by atoms with Gasteiger partial charge in [0.05, 0.1) is 25.8 Å². The molecule has 6 rings (SSSR count). The minimum Gasteiger partial charge on any atom is -0.493 e. The van der Waals surface area contributed by atoms with Crippen molar-refractivity contribution in [1.82, 2.24) is 25.2 Å². The number of methoxy groups -OCH3 is 2. The van der Waals surface area contributed by atoms with E-state index in [1.165, 1.54) is 7.11 Å². The first kappa shape index (κ1) is 28.3. The molecule has 0 saturated carbocycles. The highest BCUT2D eigenvalue weighted by Crippen LogP contribution is 2.36. The van der Waals surface area contributed by atoms with Crippen molar-refractivity contribution >= 4 is 22.8 Å². The van der Waals surface area contributed by atoms with Crippen molar-refractivity contribution in [3.05, 3.63) is 71.8 Å². The molecular formula is C31H33N5O7. The van der Waals surface area contributed by atoms with Crippen LogP contribution in [0.15, 0.2) is 60.7 Å². The summed E-state index contributed by atoms with van der Waals surface area (Å²) in [5, 5.41) is 11.4. The van der Waals surface area contributed by atoms with Gasteiger partial charge in [0.25, 0.3) is 0 Å². The number of fused-ring (bicyclic) bond motifs is 2. The third-order valence-electron chi connectivity index (χ3n) is 7.63. The van der Waals surface area contributed by atoms with Crippen molar-refractivity contribution in [3.8, 4) is 23.0 Å². The maximum absolute atomic E-state index is 14.3. The Labute approximate surface area is 248 Å². The molecule has 3 aromatic carbocycles. The Hall–Kier alpha value is -4.84. The summed E-state index contributed by atoms with van der Waals surface area (Å²) in [6, 6.07) is 17.1. The molecule has 224 valence electrons. The second-order valence-electron chi connectivity index (χ2n) is 10.3. The summed E-state index contributed by atoms with van der Waals surface area (Å²) in [5.41, 5.74) is 2.70. The first-order valence-electron chi connectivity index (χ1n) is 14.1. The highest BCUT2D eigenvalue weighted by atomic mass is 16.7. The van der Waals surface area contributed by atoms with Crippen molar-refractivity contribution in [2.45, 2.75) is 38.1 Å². The van der Waals surface area contributed by atoms with Gasteiger partial charge in [-0.15, -0.1) is 5.10 Å². The average molecular weight is 588 g/mol. The summed E-state index contributed by atoms with van der Waals surface area (Å²) in [6.45, 7) is 1.10. The van der Waals surface area contributed by atoms with Gasteiger partial charge in [-0.3, -0.25) is 9.59 Å². The van der Waals surface area contributed by atoms with Gasteiger partial charge in [-0.2, -0.15) is 0 Å². The monoisotopic (exact) mass is 587 g/mol. The first-order chi connectivity index (χ1) is 21.0. The second kappa shape index (κ2) is 12.6. The largest absolute Gasteiger partial charge is 0.493 e. The van der Waals surface area contributed by atoms with E-state index >= 15 is 0 Å². The van der Waals surface area contributed by atoms with Gasteiger partial charge < -0.3 is 33.9 Å². The number of ether oxygens (including phenoxy) is 5. The fourth-order valence-corrected chi connectivity index (χ4v) is 5.42. The normalized spacial score (nSPS) is 16.2. The molecule has 0 aliphatic carbocycles. The summed E-state index contributed by atoms with van der Waals surface area (Å²) in [6.07, 6.45) is 1.73. The number of nitrogens with zero attached hydrogens (tertiary/aromatic N) is 4. The van der Waals surface area contributed by atoms with Crippen molar-refractivity contribution in [2.75, 3.05) is 34.2 Å².